The third kappa shape index (κ3) is 4.05. The molecule has 5 nitrogen and oxygen atoms in total. The lowest BCUT2D eigenvalue weighted by Crippen LogP contribution is -2.40. The third-order valence-electron chi connectivity index (χ3n) is 5.52. The molecular formula is C24H28N2O3S. The molecule has 1 aliphatic rings. The maximum absolute atomic E-state index is 13.4. The van der Waals surface area contributed by atoms with Crippen molar-refractivity contribution in [1.29, 1.82) is 0 Å². The largest absolute Gasteiger partial charge is 0.335 e. The molecule has 6 heteroatoms. The van der Waals surface area contributed by atoms with Crippen LogP contribution in [0.25, 0.3) is 0 Å². The number of amides is 1. The van der Waals surface area contributed by atoms with Gasteiger partial charge in [0.2, 0.25) is 5.91 Å². The Morgan fingerprint density at radius 3 is 2.30 bits per heavy atom. The first-order chi connectivity index (χ1) is 14.2. The van der Waals surface area contributed by atoms with E-state index in [0.717, 1.165) is 11.1 Å². The van der Waals surface area contributed by atoms with Crippen LogP contribution in [0.1, 0.15) is 24.5 Å². The molecule has 1 aliphatic heterocycles. The Morgan fingerprint density at radius 1 is 1.10 bits per heavy atom. The Hall–Kier alpha value is -2.86. The fourth-order valence-electron chi connectivity index (χ4n) is 3.93. The van der Waals surface area contributed by atoms with Gasteiger partial charge in [0.1, 0.15) is 0 Å². The minimum Gasteiger partial charge on any atom is -0.335 e. The molecule has 3 rings (SSSR count). The van der Waals surface area contributed by atoms with Crippen LogP contribution in [0.2, 0.25) is 0 Å². The van der Waals surface area contributed by atoms with Gasteiger partial charge in [-0.2, -0.15) is 0 Å². The van der Waals surface area contributed by atoms with Gasteiger partial charge in [0.25, 0.3) is 10.0 Å². The molecule has 1 amide bonds. The molecule has 0 fully saturated rings. The first kappa shape index (κ1) is 21.8. The quantitative estimate of drug-likeness (QED) is 0.601. The summed E-state index contributed by atoms with van der Waals surface area (Å²) in [5.41, 5.74) is 1.86. The third-order valence-corrected chi connectivity index (χ3v) is 7.29. The number of hydrogen-bond acceptors (Lipinski definition) is 3. The van der Waals surface area contributed by atoms with Crippen LogP contribution >= 0.6 is 0 Å². The summed E-state index contributed by atoms with van der Waals surface area (Å²) < 4.78 is 28.3. The first-order valence-electron chi connectivity index (χ1n) is 9.91. The monoisotopic (exact) mass is 424 g/mol. The van der Waals surface area contributed by atoms with E-state index >= 15 is 0 Å². The summed E-state index contributed by atoms with van der Waals surface area (Å²) in [5.74, 6) is -0.0540. The van der Waals surface area contributed by atoms with Crippen LogP contribution in [0.4, 0.5) is 5.69 Å². The molecular weight excluding hydrogens is 396 g/mol. The number of hydrogen-bond donors (Lipinski definition) is 0. The molecule has 1 atom stereocenters. The number of fused-ring (bicyclic) bond motifs is 1. The van der Waals surface area contributed by atoms with Crippen LogP contribution in [0.3, 0.4) is 0 Å². The molecule has 0 N–H and O–H groups in total. The van der Waals surface area contributed by atoms with Crippen molar-refractivity contribution in [3.63, 3.8) is 0 Å². The second kappa shape index (κ2) is 8.48. The van der Waals surface area contributed by atoms with E-state index in [2.05, 4.69) is 13.2 Å². The van der Waals surface area contributed by atoms with Gasteiger partial charge in [-0.25, -0.2) is 8.42 Å². The van der Waals surface area contributed by atoms with E-state index in [0.29, 0.717) is 18.8 Å². The number of aryl methyl sites for hydroxylation is 1. The Kier molecular flexibility index (Phi) is 6.17. The lowest BCUT2D eigenvalue weighted by Gasteiger charge is -2.29. The van der Waals surface area contributed by atoms with Gasteiger partial charge in [-0.1, -0.05) is 55.0 Å². The van der Waals surface area contributed by atoms with Crippen molar-refractivity contribution in [3.8, 4) is 0 Å². The molecule has 0 aliphatic carbocycles. The molecule has 0 radical (unpaired) electrons. The van der Waals surface area contributed by atoms with E-state index in [1.807, 2.05) is 38.1 Å². The fraction of sp³-hybridized carbons (Fsp3) is 0.292. The predicted molar refractivity (Wildman–Crippen MR) is 121 cm³/mol. The van der Waals surface area contributed by atoms with Crippen LogP contribution in [-0.4, -0.2) is 38.9 Å². The lowest BCUT2D eigenvalue weighted by molar-refractivity contribution is -0.131. The van der Waals surface area contributed by atoms with E-state index in [-0.39, 0.29) is 23.8 Å². The number of carbonyl (C=O) groups excluding carboxylic acids is 1. The predicted octanol–water partition coefficient (Wildman–Crippen LogP) is 4.05. The Balaban J connectivity index is 1.97. The van der Waals surface area contributed by atoms with E-state index in [1.165, 1.54) is 4.31 Å². The van der Waals surface area contributed by atoms with Gasteiger partial charge in [0.15, 0.2) is 0 Å². The standard InChI is InChI=1S/C24H28N2O3S/c1-5-15-25(16-6-2)23(27)17-24(4)18-26(22-10-8-7-9-21(22)24)30(28,29)20-13-11-19(3)12-14-20/h5-14H,1-2,15-18H2,3-4H3. The van der Waals surface area contributed by atoms with Gasteiger partial charge < -0.3 is 4.90 Å². The number of para-hydroxylation sites is 1. The molecule has 0 saturated heterocycles. The number of anilines is 1. The summed E-state index contributed by atoms with van der Waals surface area (Å²) >= 11 is 0. The summed E-state index contributed by atoms with van der Waals surface area (Å²) in [5, 5.41) is 0. The van der Waals surface area contributed by atoms with Crippen molar-refractivity contribution >= 4 is 21.6 Å². The van der Waals surface area contributed by atoms with Crippen molar-refractivity contribution in [2.45, 2.75) is 30.6 Å². The SMILES string of the molecule is C=CCN(CC=C)C(=O)CC1(C)CN(S(=O)(=O)c2ccc(C)cc2)c2ccccc21. The molecule has 2 aromatic carbocycles. The second-order valence-corrected chi connectivity index (χ2v) is 9.82. The summed E-state index contributed by atoms with van der Waals surface area (Å²) in [6.45, 7) is 12.4. The number of benzene rings is 2. The summed E-state index contributed by atoms with van der Waals surface area (Å²) in [6, 6.07) is 14.3. The average molecular weight is 425 g/mol. The summed E-state index contributed by atoms with van der Waals surface area (Å²) in [7, 11) is -3.74. The molecule has 1 heterocycles. The van der Waals surface area contributed by atoms with Crippen LogP contribution in [-0.2, 0) is 20.2 Å². The highest BCUT2D eigenvalue weighted by Crippen LogP contribution is 2.45. The maximum atomic E-state index is 13.4. The highest BCUT2D eigenvalue weighted by atomic mass is 32.2. The fourth-order valence-corrected chi connectivity index (χ4v) is 5.53. The average Bonchev–Trinajstić information content (AvgIpc) is 3.02. The van der Waals surface area contributed by atoms with Crippen LogP contribution in [0.5, 0.6) is 0 Å². The van der Waals surface area contributed by atoms with Gasteiger partial charge in [-0.3, -0.25) is 9.10 Å². The smallest absolute Gasteiger partial charge is 0.264 e. The lowest BCUT2D eigenvalue weighted by atomic mass is 9.81. The molecule has 0 spiro atoms. The number of rotatable bonds is 8. The molecule has 1 unspecified atom stereocenters. The van der Waals surface area contributed by atoms with Crippen molar-refractivity contribution < 1.29 is 13.2 Å². The zero-order chi connectivity index (χ0) is 21.9. The van der Waals surface area contributed by atoms with Gasteiger partial charge in [0, 0.05) is 31.5 Å². The highest BCUT2D eigenvalue weighted by Gasteiger charge is 2.45. The van der Waals surface area contributed by atoms with Gasteiger partial charge >= 0.3 is 0 Å². The number of carbonyl (C=O) groups is 1. The summed E-state index contributed by atoms with van der Waals surface area (Å²) in [4.78, 5) is 14.9. The van der Waals surface area contributed by atoms with E-state index in [9.17, 15) is 13.2 Å². The van der Waals surface area contributed by atoms with Crippen molar-refractivity contribution in [3.05, 3.63) is 85.0 Å². The summed E-state index contributed by atoms with van der Waals surface area (Å²) in [6.07, 6.45) is 3.56. The van der Waals surface area contributed by atoms with Crippen molar-refractivity contribution in [2.24, 2.45) is 0 Å². The van der Waals surface area contributed by atoms with E-state index in [1.54, 1.807) is 41.3 Å². The van der Waals surface area contributed by atoms with Crippen molar-refractivity contribution in [2.75, 3.05) is 23.9 Å². The Bertz CT molecular complexity index is 1050. The first-order valence-corrected chi connectivity index (χ1v) is 11.4. The Morgan fingerprint density at radius 2 is 1.70 bits per heavy atom. The minimum atomic E-state index is -3.74. The van der Waals surface area contributed by atoms with E-state index < -0.39 is 15.4 Å². The van der Waals surface area contributed by atoms with Gasteiger partial charge in [-0.05, 0) is 30.7 Å². The molecule has 0 bridgehead atoms. The normalized spacial score (nSPS) is 18.0. The Labute approximate surface area is 179 Å². The zero-order valence-corrected chi connectivity index (χ0v) is 18.4. The number of nitrogens with zero attached hydrogens (tertiary/aromatic N) is 2. The molecule has 30 heavy (non-hydrogen) atoms. The molecule has 158 valence electrons. The maximum Gasteiger partial charge on any atom is 0.264 e. The number of sulfonamides is 1. The topological polar surface area (TPSA) is 57.7 Å². The van der Waals surface area contributed by atoms with Crippen LogP contribution in [0.15, 0.2) is 78.7 Å². The van der Waals surface area contributed by atoms with E-state index in [4.69, 9.17) is 0 Å². The molecule has 2 aromatic rings. The van der Waals surface area contributed by atoms with Crippen LogP contribution < -0.4 is 4.31 Å². The minimum absolute atomic E-state index is 0.0540. The molecule has 0 saturated carbocycles. The van der Waals surface area contributed by atoms with Gasteiger partial charge in [0.05, 0.1) is 10.6 Å². The van der Waals surface area contributed by atoms with Crippen molar-refractivity contribution in [1.82, 2.24) is 4.90 Å². The highest BCUT2D eigenvalue weighted by molar-refractivity contribution is 7.92. The van der Waals surface area contributed by atoms with Crippen LogP contribution in [0, 0.1) is 6.92 Å². The second-order valence-electron chi connectivity index (χ2n) is 7.96. The zero-order valence-electron chi connectivity index (χ0n) is 17.5. The molecule has 0 aromatic heterocycles. The van der Waals surface area contributed by atoms with Gasteiger partial charge in [-0.15, -0.1) is 13.2 Å².